The van der Waals surface area contributed by atoms with Crippen molar-refractivity contribution >= 4 is 17.5 Å². The molecule has 22 heavy (non-hydrogen) atoms. The van der Waals surface area contributed by atoms with Gasteiger partial charge >= 0.3 is 0 Å². The van der Waals surface area contributed by atoms with Crippen LogP contribution in [0.2, 0.25) is 0 Å². The molecule has 0 fully saturated rings. The molecule has 0 bridgehead atoms. The zero-order valence-electron chi connectivity index (χ0n) is 13.3. The Hall–Kier alpha value is -2.08. The molecule has 2 amide bonds. The van der Waals surface area contributed by atoms with Crippen LogP contribution < -0.4 is 20.7 Å². The van der Waals surface area contributed by atoms with E-state index in [1.54, 1.807) is 7.05 Å². The van der Waals surface area contributed by atoms with Gasteiger partial charge in [-0.1, -0.05) is 19.9 Å². The van der Waals surface area contributed by atoms with Gasteiger partial charge in [-0.3, -0.25) is 14.5 Å². The summed E-state index contributed by atoms with van der Waals surface area (Å²) in [7, 11) is 1.55. The minimum atomic E-state index is -0.553. The maximum absolute atomic E-state index is 12.5. The van der Waals surface area contributed by atoms with Crippen LogP contribution >= 0.6 is 0 Å². The number of nitrogens with one attached hydrogen (secondary N) is 1. The molecule has 0 saturated heterocycles. The minimum absolute atomic E-state index is 0.0208. The van der Waals surface area contributed by atoms with Crippen LogP contribution in [0, 0.1) is 0 Å². The Morgan fingerprint density at radius 3 is 2.77 bits per heavy atom. The van der Waals surface area contributed by atoms with Crippen LogP contribution in [0.15, 0.2) is 18.2 Å². The fourth-order valence-corrected chi connectivity index (χ4v) is 2.45. The lowest BCUT2D eigenvalue weighted by Crippen LogP contribution is -2.49. The molecule has 0 aromatic heterocycles. The summed E-state index contributed by atoms with van der Waals surface area (Å²) in [6.07, 6.45) is 0.794. The van der Waals surface area contributed by atoms with Crippen molar-refractivity contribution in [3.05, 3.63) is 23.8 Å². The molecule has 0 radical (unpaired) electrons. The topological polar surface area (TPSA) is 84.7 Å². The number of nitrogens with zero attached hydrogens (tertiary/aromatic N) is 1. The summed E-state index contributed by atoms with van der Waals surface area (Å²) in [5.74, 6) is 0.199. The fourth-order valence-electron chi connectivity index (χ4n) is 2.45. The fraction of sp³-hybridized carbons (Fsp3) is 0.500. The lowest BCUT2D eigenvalue weighted by Gasteiger charge is -2.34. The summed E-state index contributed by atoms with van der Waals surface area (Å²) >= 11 is 0. The van der Waals surface area contributed by atoms with Gasteiger partial charge in [0.05, 0.1) is 5.69 Å². The maximum atomic E-state index is 12.5. The maximum Gasteiger partial charge on any atom is 0.268 e. The van der Waals surface area contributed by atoms with Gasteiger partial charge < -0.3 is 15.8 Å². The SMILES string of the molecule is CCC1Oc2ccc(C(N)CC)cc2N(CC(=O)NC)C1=O. The first-order valence-electron chi connectivity index (χ1n) is 7.59. The lowest BCUT2D eigenvalue weighted by atomic mass is 10.0. The normalized spacial score (nSPS) is 18.5. The number of anilines is 1. The van der Waals surface area contributed by atoms with Gasteiger partial charge in [0.2, 0.25) is 5.91 Å². The molecule has 120 valence electrons. The molecular weight excluding hydrogens is 282 g/mol. The molecule has 1 aliphatic heterocycles. The standard InChI is InChI=1S/C16H23N3O3/c1-4-11(17)10-6-7-14-12(8-10)19(9-15(20)18-3)16(21)13(5-2)22-14/h6-8,11,13H,4-5,9,17H2,1-3H3,(H,18,20). The van der Waals surface area contributed by atoms with Crippen molar-refractivity contribution in [3.63, 3.8) is 0 Å². The largest absolute Gasteiger partial charge is 0.478 e. The van der Waals surface area contributed by atoms with E-state index in [9.17, 15) is 9.59 Å². The zero-order valence-corrected chi connectivity index (χ0v) is 13.3. The first kappa shape index (κ1) is 16.3. The average molecular weight is 305 g/mol. The van der Waals surface area contributed by atoms with E-state index >= 15 is 0 Å². The number of fused-ring (bicyclic) bond motifs is 1. The van der Waals surface area contributed by atoms with Crippen LogP contribution in [0.3, 0.4) is 0 Å². The number of benzene rings is 1. The molecule has 6 heteroatoms. The number of ether oxygens (including phenoxy) is 1. The summed E-state index contributed by atoms with van der Waals surface area (Å²) in [5.41, 5.74) is 7.60. The van der Waals surface area contributed by atoms with Crippen molar-refractivity contribution in [2.45, 2.75) is 38.8 Å². The van der Waals surface area contributed by atoms with Gasteiger partial charge in [0, 0.05) is 13.1 Å². The summed E-state index contributed by atoms with van der Waals surface area (Å²) in [6, 6.07) is 5.47. The monoisotopic (exact) mass is 305 g/mol. The van der Waals surface area contributed by atoms with Crippen LogP contribution in [0.1, 0.15) is 38.3 Å². The average Bonchev–Trinajstić information content (AvgIpc) is 2.55. The molecule has 2 unspecified atom stereocenters. The third-order valence-electron chi connectivity index (χ3n) is 3.90. The van der Waals surface area contributed by atoms with Crippen LogP contribution in [0.25, 0.3) is 0 Å². The third kappa shape index (κ3) is 3.06. The van der Waals surface area contributed by atoms with E-state index in [-0.39, 0.29) is 24.4 Å². The molecule has 1 heterocycles. The Morgan fingerprint density at radius 1 is 1.45 bits per heavy atom. The Balaban J connectivity index is 2.43. The van der Waals surface area contributed by atoms with Crippen molar-refractivity contribution in [1.82, 2.24) is 5.32 Å². The predicted molar refractivity (Wildman–Crippen MR) is 84.8 cm³/mol. The Labute approximate surface area is 130 Å². The third-order valence-corrected chi connectivity index (χ3v) is 3.90. The van der Waals surface area contributed by atoms with E-state index < -0.39 is 6.10 Å². The number of carbonyl (C=O) groups excluding carboxylic acids is 2. The Morgan fingerprint density at radius 2 is 2.18 bits per heavy atom. The summed E-state index contributed by atoms with van der Waals surface area (Å²) < 4.78 is 5.74. The predicted octanol–water partition coefficient (Wildman–Crippen LogP) is 1.35. The van der Waals surface area contributed by atoms with Gasteiger partial charge in [-0.25, -0.2) is 0 Å². The first-order chi connectivity index (χ1) is 10.5. The molecule has 6 nitrogen and oxygen atoms in total. The smallest absolute Gasteiger partial charge is 0.268 e. The van der Waals surface area contributed by atoms with Crippen molar-refractivity contribution in [3.8, 4) is 5.75 Å². The van der Waals surface area contributed by atoms with E-state index in [0.717, 1.165) is 12.0 Å². The van der Waals surface area contributed by atoms with Crippen LogP contribution in [0.5, 0.6) is 5.75 Å². The minimum Gasteiger partial charge on any atom is -0.478 e. The molecule has 0 aliphatic carbocycles. The number of hydrogen-bond acceptors (Lipinski definition) is 4. The van der Waals surface area contributed by atoms with Gasteiger partial charge in [-0.05, 0) is 30.5 Å². The van der Waals surface area contributed by atoms with Crippen molar-refractivity contribution in [2.24, 2.45) is 5.73 Å². The molecule has 2 rings (SSSR count). The van der Waals surface area contributed by atoms with Crippen molar-refractivity contribution in [1.29, 1.82) is 0 Å². The highest BCUT2D eigenvalue weighted by atomic mass is 16.5. The zero-order chi connectivity index (χ0) is 16.3. The molecule has 1 aliphatic rings. The number of nitrogens with two attached hydrogens (primary N) is 1. The van der Waals surface area contributed by atoms with E-state index in [1.165, 1.54) is 4.90 Å². The van der Waals surface area contributed by atoms with Crippen LogP contribution in [-0.4, -0.2) is 31.5 Å². The highest BCUT2D eigenvalue weighted by molar-refractivity contribution is 6.03. The number of amides is 2. The molecule has 0 saturated carbocycles. The second-order valence-corrected chi connectivity index (χ2v) is 5.35. The number of likely N-dealkylation sites (N-methyl/N-ethyl adjacent to an activating group) is 1. The highest BCUT2D eigenvalue weighted by Gasteiger charge is 2.34. The van der Waals surface area contributed by atoms with E-state index in [1.807, 2.05) is 32.0 Å². The summed E-state index contributed by atoms with van der Waals surface area (Å²) in [4.78, 5) is 25.7. The van der Waals surface area contributed by atoms with Crippen LogP contribution in [-0.2, 0) is 9.59 Å². The molecule has 1 aromatic rings. The van der Waals surface area contributed by atoms with Crippen molar-refractivity contribution < 1.29 is 14.3 Å². The van der Waals surface area contributed by atoms with Gasteiger partial charge in [0.25, 0.3) is 5.91 Å². The van der Waals surface area contributed by atoms with E-state index in [2.05, 4.69) is 5.32 Å². The number of rotatable bonds is 5. The van der Waals surface area contributed by atoms with E-state index in [0.29, 0.717) is 17.9 Å². The van der Waals surface area contributed by atoms with Gasteiger partial charge in [-0.2, -0.15) is 0 Å². The summed E-state index contributed by atoms with van der Waals surface area (Å²) in [6.45, 7) is 3.86. The quantitative estimate of drug-likeness (QED) is 0.860. The second-order valence-electron chi connectivity index (χ2n) is 5.35. The van der Waals surface area contributed by atoms with Gasteiger partial charge in [-0.15, -0.1) is 0 Å². The molecule has 1 aromatic carbocycles. The molecular formula is C16H23N3O3. The molecule has 3 N–H and O–H groups in total. The Kier molecular flexibility index (Phi) is 5.03. The highest BCUT2D eigenvalue weighted by Crippen LogP contribution is 2.36. The summed E-state index contributed by atoms with van der Waals surface area (Å²) in [5, 5.41) is 2.55. The van der Waals surface area contributed by atoms with Crippen LogP contribution in [0.4, 0.5) is 5.69 Å². The number of carbonyl (C=O) groups is 2. The first-order valence-corrected chi connectivity index (χ1v) is 7.59. The lowest BCUT2D eigenvalue weighted by molar-refractivity contribution is -0.128. The second kappa shape index (κ2) is 6.79. The van der Waals surface area contributed by atoms with E-state index in [4.69, 9.17) is 10.5 Å². The molecule has 0 spiro atoms. The Bertz CT molecular complexity index is 574. The van der Waals surface area contributed by atoms with Crippen molar-refractivity contribution in [2.75, 3.05) is 18.5 Å². The number of hydrogen-bond donors (Lipinski definition) is 2. The molecule has 2 atom stereocenters. The van der Waals surface area contributed by atoms with Gasteiger partial charge in [0.1, 0.15) is 12.3 Å². The van der Waals surface area contributed by atoms with Gasteiger partial charge in [0.15, 0.2) is 6.10 Å².